The highest BCUT2D eigenvalue weighted by atomic mass is 16.1. The van der Waals surface area contributed by atoms with Crippen molar-refractivity contribution in [3.8, 4) is 0 Å². The lowest BCUT2D eigenvalue weighted by molar-refractivity contribution is -0.106. The number of nitrogens with one attached hydrogen (secondary N) is 1. The molecule has 0 bridgehead atoms. The highest BCUT2D eigenvalue weighted by Crippen LogP contribution is 2.29. The van der Waals surface area contributed by atoms with E-state index in [1.54, 1.807) is 0 Å². The molecule has 22 heavy (non-hydrogen) atoms. The summed E-state index contributed by atoms with van der Waals surface area (Å²) in [5.41, 5.74) is 5.37. The molecule has 0 heterocycles. The average molecular weight is 313 g/mol. The van der Waals surface area contributed by atoms with Gasteiger partial charge in [-0.2, -0.15) is 0 Å². The third-order valence-corrected chi connectivity index (χ3v) is 4.48. The monoisotopic (exact) mass is 312 g/mol. The molecular formula is C19H40N2O. The molecule has 0 aromatic rings. The van der Waals surface area contributed by atoms with Crippen molar-refractivity contribution in [2.24, 2.45) is 17.6 Å². The van der Waals surface area contributed by atoms with E-state index in [1.165, 1.54) is 50.6 Å². The van der Waals surface area contributed by atoms with Crippen LogP contribution in [0.25, 0.3) is 0 Å². The predicted octanol–water partition coefficient (Wildman–Crippen LogP) is 5.01. The van der Waals surface area contributed by atoms with E-state index in [0.29, 0.717) is 6.04 Å². The lowest BCUT2D eigenvalue weighted by Gasteiger charge is -2.35. The SMILES string of the molecule is C=C(CC)NC1CCCC(C)C1C.CCCCCC.NC=O. The Bertz CT molecular complexity index is 262. The summed E-state index contributed by atoms with van der Waals surface area (Å²) in [5.74, 6) is 1.67. The zero-order valence-electron chi connectivity index (χ0n) is 15.7. The van der Waals surface area contributed by atoms with Crippen LogP contribution in [0, 0.1) is 11.8 Å². The summed E-state index contributed by atoms with van der Waals surface area (Å²) in [6.07, 6.45) is 10.9. The van der Waals surface area contributed by atoms with Crippen LogP contribution in [0.15, 0.2) is 12.3 Å². The number of allylic oxidation sites excluding steroid dienone is 1. The minimum Gasteiger partial charge on any atom is -0.386 e. The Labute approximate surface area is 139 Å². The Kier molecular flexibility index (Phi) is 17.3. The van der Waals surface area contributed by atoms with E-state index in [1.807, 2.05) is 0 Å². The number of hydrogen-bond donors (Lipinski definition) is 2. The fourth-order valence-electron chi connectivity index (χ4n) is 2.65. The van der Waals surface area contributed by atoms with Crippen LogP contribution in [0.3, 0.4) is 0 Å². The van der Waals surface area contributed by atoms with Crippen LogP contribution in [0.4, 0.5) is 0 Å². The number of amides is 1. The van der Waals surface area contributed by atoms with Crippen molar-refractivity contribution in [3.05, 3.63) is 12.3 Å². The van der Waals surface area contributed by atoms with Gasteiger partial charge < -0.3 is 11.1 Å². The topological polar surface area (TPSA) is 55.1 Å². The third-order valence-electron chi connectivity index (χ3n) is 4.48. The van der Waals surface area contributed by atoms with Crippen LogP contribution >= 0.6 is 0 Å². The van der Waals surface area contributed by atoms with Crippen molar-refractivity contribution in [1.29, 1.82) is 0 Å². The van der Waals surface area contributed by atoms with Gasteiger partial charge in [-0.15, -0.1) is 0 Å². The van der Waals surface area contributed by atoms with Gasteiger partial charge >= 0.3 is 0 Å². The Balaban J connectivity index is 0. The van der Waals surface area contributed by atoms with E-state index in [9.17, 15) is 0 Å². The van der Waals surface area contributed by atoms with E-state index in [-0.39, 0.29) is 6.41 Å². The van der Waals surface area contributed by atoms with Gasteiger partial charge in [0.1, 0.15) is 0 Å². The number of carbonyl (C=O) groups excluding carboxylic acids is 1. The molecule has 0 spiro atoms. The molecule has 1 rings (SSSR count). The summed E-state index contributed by atoms with van der Waals surface area (Å²) in [4.78, 5) is 8.58. The molecule has 3 unspecified atom stereocenters. The summed E-state index contributed by atoms with van der Waals surface area (Å²) in [7, 11) is 0. The maximum Gasteiger partial charge on any atom is 0.204 e. The molecule has 0 saturated heterocycles. The van der Waals surface area contributed by atoms with Crippen molar-refractivity contribution in [2.75, 3.05) is 0 Å². The third kappa shape index (κ3) is 12.7. The van der Waals surface area contributed by atoms with E-state index in [0.717, 1.165) is 18.3 Å². The minimum atomic E-state index is 0.250. The Hall–Kier alpha value is -0.990. The molecule has 0 aromatic carbocycles. The fraction of sp³-hybridized carbons (Fsp3) is 0.842. The molecular weight excluding hydrogens is 272 g/mol. The molecule has 1 aliphatic rings. The fourth-order valence-corrected chi connectivity index (χ4v) is 2.65. The Morgan fingerprint density at radius 2 is 1.68 bits per heavy atom. The van der Waals surface area contributed by atoms with E-state index in [2.05, 4.69) is 52.2 Å². The second-order valence-corrected chi connectivity index (χ2v) is 6.32. The summed E-state index contributed by atoms with van der Waals surface area (Å²) in [5, 5.41) is 3.55. The molecule has 3 heteroatoms. The van der Waals surface area contributed by atoms with Crippen molar-refractivity contribution in [2.45, 2.75) is 92.0 Å². The van der Waals surface area contributed by atoms with Gasteiger partial charge in [0.05, 0.1) is 0 Å². The Morgan fingerprint density at radius 1 is 1.18 bits per heavy atom. The number of hydrogen-bond acceptors (Lipinski definition) is 2. The van der Waals surface area contributed by atoms with Crippen LogP contribution < -0.4 is 11.1 Å². The average Bonchev–Trinajstić information content (AvgIpc) is 2.51. The highest BCUT2D eigenvalue weighted by molar-refractivity contribution is 5.42. The maximum atomic E-state index is 8.58. The molecule has 3 atom stereocenters. The van der Waals surface area contributed by atoms with Gasteiger partial charge in [0.15, 0.2) is 0 Å². The summed E-state index contributed by atoms with van der Waals surface area (Å²) < 4.78 is 0. The van der Waals surface area contributed by atoms with Crippen molar-refractivity contribution in [1.82, 2.24) is 5.32 Å². The number of primary amides is 1. The second-order valence-electron chi connectivity index (χ2n) is 6.32. The summed E-state index contributed by atoms with van der Waals surface area (Å²) >= 11 is 0. The van der Waals surface area contributed by atoms with Crippen LogP contribution in [0.5, 0.6) is 0 Å². The van der Waals surface area contributed by atoms with Gasteiger partial charge in [-0.05, 0) is 24.7 Å². The zero-order valence-corrected chi connectivity index (χ0v) is 15.7. The predicted molar refractivity (Wildman–Crippen MR) is 98.6 cm³/mol. The summed E-state index contributed by atoms with van der Waals surface area (Å²) in [6, 6.07) is 0.677. The lowest BCUT2D eigenvalue weighted by Crippen LogP contribution is -2.39. The highest BCUT2D eigenvalue weighted by Gasteiger charge is 2.26. The molecule has 1 saturated carbocycles. The second kappa shape index (κ2) is 16.4. The van der Waals surface area contributed by atoms with Crippen molar-refractivity contribution < 1.29 is 4.79 Å². The van der Waals surface area contributed by atoms with Gasteiger partial charge in [-0.3, -0.25) is 4.79 Å². The number of unbranched alkanes of at least 4 members (excludes halogenated alkanes) is 3. The number of carbonyl (C=O) groups is 1. The Morgan fingerprint density at radius 3 is 2.09 bits per heavy atom. The lowest BCUT2D eigenvalue weighted by atomic mass is 9.78. The van der Waals surface area contributed by atoms with Crippen LogP contribution in [0.1, 0.15) is 86.0 Å². The standard InChI is InChI=1S/C12H23N.C6H14.CH3NO/c1-5-10(3)13-12-8-6-7-9(2)11(12)4;1-3-5-6-4-2;2-1-3/h9,11-13H,3,5-8H2,1-2,4H3;3-6H2,1-2H3;1H,(H2,2,3). The van der Waals surface area contributed by atoms with Gasteiger partial charge in [0, 0.05) is 11.7 Å². The molecule has 1 aliphatic carbocycles. The van der Waals surface area contributed by atoms with Crippen molar-refractivity contribution in [3.63, 3.8) is 0 Å². The van der Waals surface area contributed by atoms with Crippen LogP contribution in [-0.2, 0) is 4.79 Å². The first kappa shape index (κ1) is 23.3. The van der Waals surface area contributed by atoms with Gasteiger partial charge in [-0.25, -0.2) is 0 Å². The number of rotatable bonds is 6. The van der Waals surface area contributed by atoms with E-state index in [4.69, 9.17) is 4.79 Å². The molecule has 1 amide bonds. The minimum absolute atomic E-state index is 0.250. The zero-order chi connectivity index (χ0) is 17.4. The molecule has 0 aromatic heterocycles. The van der Waals surface area contributed by atoms with E-state index >= 15 is 0 Å². The largest absolute Gasteiger partial charge is 0.386 e. The smallest absolute Gasteiger partial charge is 0.204 e. The molecule has 1 fully saturated rings. The van der Waals surface area contributed by atoms with Crippen molar-refractivity contribution >= 4 is 6.41 Å². The molecule has 3 nitrogen and oxygen atoms in total. The van der Waals surface area contributed by atoms with Crippen LogP contribution in [-0.4, -0.2) is 12.5 Å². The molecule has 0 aliphatic heterocycles. The maximum absolute atomic E-state index is 8.58. The first-order chi connectivity index (χ1) is 10.5. The number of nitrogens with two attached hydrogens (primary N) is 1. The molecule has 132 valence electrons. The van der Waals surface area contributed by atoms with Crippen LogP contribution in [0.2, 0.25) is 0 Å². The van der Waals surface area contributed by atoms with E-state index < -0.39 is 0 Å². The van der Waals surface area contributed by atoms with Gasteiger partial charge in [0.25, 0.3) is 0 Å². The van der Waals surface area contributed by atoms with Gasteiger partial charge in [0.2, 0.25) is 6.41 Å². The first-order valence-electron chi connectivity index (χ1n) is 9.07. The normalized spacial score (nSPS) is 23.2. The molecule has 0 radical (unpaired) electrons. The summed E-state index contributed by atoms with van der Waals surface area (Å²) in [6.45, 7) is 15.4. The molecule has 3 N–H and O–H groups in total. The first-order valence-corrected chi connectivity index (χ1v) is 9.07. The quantitative estimate of drug-likeness (QED) is 0.535. The van der Waals surface area contributed by atoms with Gasteiger partial charge in [-0.1, -0.05) is 79.7 Å².